The van der Waals surface area contributed by atoms with Crippen molar-refractivity contribution in [3.63, 3.8) is 0 Å². The molecular formula is C15H9BrClF2N. The van der Waals surface area contributed by atoms with E-state index in [4.69, 9.17) is 11.6 Å². The van der Waals surface area contributed by atoms with Crippen molar-refractivity contribution in [1.82, 2.24) is 4.57 Å². The summed E-state index contributed by atoms with van der Waals surface area (Å²) in [6.07, 6.45) is 1.79. The Morgan fingerprint density at radius 1 is 1.10 bits per heavy atom. The molecule has 0 atom stereocenters. The lowest BCUT2D eigenvalue weighted by Crippen LogP contribution is -2.04. The van der Waals surface area contributed by atoms with Crippen molar-refractivity contribution in [2.24, 2.45) is 0 Å². The first-order chi connectivity index (χ1) is 9.56. The van der Waals surface area contributed by atoms with Gasteiger partial charge in [-0.2, -0.15) is 0 Å². The number of nitrogens with zero attached hydrogens (tertiary/aromatic N) is 1. The van der Waals surface area contributed by atoms with Crippen molar-refractivity contribution < 1.29 is 8.78 Å². The van der Waals surface area contributed by atoms with Crippen molar-refractivity contribution in [3.8, 4) is 0 Å². The smallest absolute Gasteiger partial charge is 0.145 e. The summed E-state index contributed by atoms with van der Waals surface area (Å²) in [4.78, 5) is 0. The minimum atomic E-state index is -0.575. The van der Waals surface area contributed by atoms with Gasteiger partial charge in [-0.25, -0.2) is 8.78 Å². The third-order valence-electron chi connectivity index (χ3n) is 3.20. The van der Waals surface area contributed by atoms with Gasteiger partial charge < -0.3 is 4.57 Å². The number of fused-ring (bicyclic) bond motifs is 1. The Hall–Kier alpha value is -1.39. The van der Waals surface area contributed by atoms with Crippen LogP contribution in [0.1, 0.15) is 5.56 Å². The maximum absolute atomic E-state index is 14.0. The van der Waals surface area contributed by atoms with Crippen molar-refractivity contribution in [2.45, 2.75) is 6.54 Å². The monoisotopic (exact) mass is 355 g/mol. The van der Waals surface area contributed by atoms with Gasteiger partial charge in [0.05, 0.1) is 11.0 Å². The van der Waals surface area contributed by atoms with Gasteiger partial charge in [0.15, 0.2) is 0 Å². The Bertz CT molecular complexity index is 798. The molecule has 0 amide bonds. The normalized spacial score (nSPS) is 11.2. The Morgan fingerprint density at radius 2 is 1.90 bits per heavy atom. The lowest BCUT2D eigenvalue weighted by atomic mass is 10.2. The molecule has 0 aliphatic rings. The maximum atomic E-state index is 14.0. The zero-order valence-electron chi connectivity index (χ0n) is 10.2. The molecule has 0 fully saturated rings. The molecule has 0 bridgehead atoms. The van der Waals surface area contributed by atoms with Gasteiger partial charge in [-0.1, -0.05) is 17.7 Å². The molecule has 3 rings (SSSR count). The number of aromatic nitrogens is 1. The Balaban J connectivity index is 2.10. The molecule has 0 saturated carbocycles. The van der Waals surface area contributed by atoms with E-state index in [1.807, 2.05) is 12.1 Å². The molecular weight excluding hydrogens is 348 g/mol. The molecule has 0 N–H and O–H groups in total. The highest BCUT2D eigenvalue weighted by Crippen LogP contribution is 2.25. The Kier molecular flexibility index (Phi) is 3.52. The molecule has 1 nitrogen and oxygen atoms in total. The van der Waals surface area contributed by atoms with E-state index in [1.54, 1.807) is 22.9 Å². The molecule has 3 aromatic rings. The third kappa shape index (κ3) is 2.34. The van der Waals surface area contributed by atoms with E-state index in [-0.39, 0.29) is 16.6 Å². The average Bonchev–Trinajstić information content (AvgIpc) is 2.81. The summed E-state index contributed by atoms with van der Waals surface area (Å²) in [5, 5.41) is 1.57. The van der Waals surface area contributed by atoms with Gasteiger partial charge in [0.2, 0.25) is 0 Å². The largest absolute Gasteiger partial charge is 0.343 e. The van der Waals surface area contributed by atoms with Crippen molar-refractivity contribution in [3.05, 3.63) is 69.3 Å². The van der Waals surface area contributed by atoms with Crippen LogP contribution >= 0.6 is 27.5 Å². The van der Waals surface area contributed by atoms with Gasteiger partial charge in [-0.15, -0.1) is 0 Å². The van der Waals surface area contributed by atoms with Gasteiger partial charge in [0.25, 0.3) is 0 Å². The summed E-state index contributed by atoms with van der Waals surface area (Å²) < 4.78 is 29.8. The average molecular weight is 357 g/mol. The van der Waals surface area contributed by atoms with E-state index in [2.05, 4.69) is 15.9 Å². The molecule has 5 heteroatoms. The molecule has 1 heterocycles. The van der Waals surface area contributed by atoms with Crippen LogP contribution in [0.15, 0.2) is 47.1 Å². The topological polar surface area (TPSA) is 4.93 Å². The summed E-state index contributed by atoms with van der Waals surface area (Å²) in [5.41, 5.74) is 0.869. The van der Waals surface area contributed by atoms with Crippen LogP contribution in [0, 0.1) is 11.6 Å². The number of hydrogen-bond donors (Lipinski definition) is 0. The van der Waals surface area contributed by atoms with Crippen LogP contribution in [0.2, 0.25) is 5.02 Å². The van der Waals surface area contributed by atoms with E-state index in [9.17, 15) is 8.78 Å². The zero-order chi connectivity index (χ0) is 14.3. The highest BCUT2D eigenvalue weighted by Gasteiger charge is 2.13. The second-order valence-electron chi connectivity index (χ2n) is 4.47. The summed E-state index contributed by atoms with van der Waals surface area (Å²) in [6, 6.07) is 9.94. The first-order valence-electron chi connectivity index (χ1n) is 5.93. The Labute approximate surface area is 127 Å². The molecule has 102 valence electrons. The molecule has 0 spiro atoms. The summed E-state index contributed by atoms with van der Waals surface area (Å²) in [7, 11) is 0. The highest BCUT2D eigenvalue weighted by atomic mass is 79.9. The van der Waals surface area contributed by atoms with Crippen molar-refractivity contribution in [1.29, 1.82) is 0 Å². The Morgan fingerprint density at radius 3 is 2.70 bits per heavy atom. The summed E-state index contributed by atoms with van der Waals surface area (Å²) in [5.74, 6) is -1.14. The third-order valence-corrected chi connectivity index (χ3v) is 4.05. The number of benzene rings is 2. The predicted octanol–water partition coefficient (Wildman–Crippen LogP) is 5.38. The summed E-state index contributed by atoms with van der Waals surface area (Å²) in [6.45, 7) is 0.112. The van der Waals surface area contributed by atoms with Crippen LogP contribution in [-0.2, 0) is 6.54 Å². The zero-order valence-corrected chi connectivity index (χ0v) is 12.5. The molecule has 0 saturated heterocycles. The lowest BCUT2D eigenvalue weighted by Gasteiger charge is -2.09. The van der Waals surface area contributed by atoms with Crippen molar-refractivity contribution >= 4 is 38.4 Å². The van der Waals surface area contributed by atoms with Crippen LogP contribution in [0.25, 0.3) is 10.9 Å². The molecule has 0 radical (unpaired) electrons. The number of hydrogen-bond acceptors (Lipinski definition) is 0. The fourth-order valence-electron chi connectivity index (χ4n) is 2.18. The SMILES string of the molecule is Fc1ccc(Br)c(F)c1Cn1ccc2ccc(Cl)cc21. The molecule has 0 unspecified atom stereocenters. The number of rotatable bonds is 2. The van der Waals surface area contributed by atoms with Gasteiger partial charge >= 0.3 is 0 Å². The van der Waals surface area contributed by atoms with Gasteiger partial charge in [0.1, 0.15) is 11.6 Å². The second-order valence-corrected chi connectivity index (χ2v) is 5.76. The van der Waals surface area contributed by atoms with E-state index >= 15 is 0 Å². The van der Waals surface area contributed by atoms with Gasteiger partial charge in [-0.05, 0) is 51.6 Å². The number of halogens is 4. The second kappa shape index (κ2) is 5.19. The predicted molar refractivity (Wildman–Crippen MR) is 80.1 cm³/mol. The fourth-order valence-corrected chi connectivity index (χ4v) is 2.72. The van der Waals surface area contributed by atoms with Crippen LogP contribution in [-0.4, -0.2) is 4.57 Å². The van der Waals surface area contributed by atoms with Crippen molar-refractivity contribution in [2.75, 3.05) is 0 Å². The van der Waals surface area contributed by atoms with E-state index in [0.29, 0.717) is 5.02 Å². The molecule has 1 aromatic heterocycles. The van der Waals surface area contributed by atoms with E-state index < -0.39 is 11.6 Å². The standard InChI is InChI=1S/C15H9BrClF2N/c16-12-3-4-13(18)11(15(12)19)8-20-6-5-9-1-2-10(17)7-14(9)20/h1-7H,8H2. The fraction of sp³-hybridized carbons (Fsp3) is 0.0667. The molecule has 20 heavy (non-hydrogen) atoms. The van der Waals surface area contributed by atoms with E-state index in [0.717, 1.165) is 10.9 Å². The molecule has 0 aliphatic carbocycles. The van der Waals surface area contributed by atoms with Crippen LogP contribution < -0.4 is 0 Å². The molecule has 0 aliphatic heterocycles. The van der Waals surface area contributed by atoms with Crippen LogP contribution in [0.3, 0.4) is 0 Å². The maximum Gasteiger partial charge on any atom is 0.145 e. The van der Waals surface area contributed by atoms with Crippen LogP contribution in [0.5, 0.6) is 0 Å². The van der Waals surface area contributed by atoms with Gasteiger partial charge in [-0.3, -0.25) is 0 Å². The summed E-state index contributed by atoms with van der Waals surface area (Å²) >= 11 is 9.04. The highest BCUT2D eigenvalue weighted by molar-refractivity contribution is 9.10. The quantitative estimate of drug-likeness (QED) is 0.543. The first kappa shape index (κ1) is 13.6. The minimum absolute atomic E-state index is 0.0249. The van der Waals surface area contributed by atoms with E-state index in [1.165, 1.54) is 12.1 Å². The van der Waals surface area contributed by atoms with Crippen LogP contribution in [0.4, 0.5) is 8.78 Å². The molecule has 2 aromatic carbocycles. The minimum Gasteiger partial charge on any atom is -0.343 e. The van der Waals surface area contributed by atoms with Gasteiger partial charge in [0, 0.05) is 22.3 Å². The first-order valence-corrected chi connectivity index (χ1v) is 7.10. The lowest BCUT2D eigenvalue weighted by molar-refractivity contribution is 0.543.